The normalized spacial score (nSPS) is 22.2. The molecule has 1 aliphatic carbocycles. The van der Waals surface area contributed by atoms with Crippen LogP contribution < -0.4 is 4.74 Å². The second-order valence-electron chi connectivity index (χ2n) is 4.76. The molecule has 1 aromatic carbocycles. The van der Waals surface area contributed by atoms with Crippen LogP contribution in [0.3, 0.4) is 0 Å². The van der Waals surface area contributed by atoms with E-state index in [0.29, 0.717) is 0 Å². The largest absolute Gasteiger partial charge is 0.493 e. The number of allylic oxidation sites excluding steroid dienone is 1. The predicted octanol–water partition coefficient (Wildman–Crippen LogP) is 3.01. The van der Waals surface area contributed by atoms with Gasteiger partial charge in [0, 0.05) is 10.9 Å². The van der Waals surface area contributed by atoms with Gasteiger partial charge in [0.15, 0.2) is 0 Å². The summed E-state index contributed by atoms with van der Waals surface area (Å²) in [6, 6.07) is 4.28. The molecule has 0 saturated heterocycles. The van der Waals surface area contributed by atoms with Crippen LogP contribution in [0.15, 0.2) is 28.3 Å². The summed E-state index contributed by atoms with van der Waals surface area (Å²) in [5, 5.41) is 9.51. The molecule has 0 aromatic heterocycles. The Kier molecular flexibility index (Phi) is 2.97. The van der Waals surface area contributed by atoms with E-state index in [-0.39, 0.29) is 6.10 Å². The van der Waals surface area contributed by atoms with Crippen molar-refractivity contribution in [3.05, 3.63) is 39.4 Å². The Bertz CT molecular complexity index is 479. The molecule has 1 aromatic rings. The quantitative estimate of drug-likeness (QED) is 0.850. The third kappa shape index (κ3) is 2.26. The van der Waals surface area contributed by atoms with E-state index in [4.69, 9.17) is 4.74 Å². The number of rotatable bonds is 2. The van der Waals surface area contributed by atoms with E-state index in [9.17, 15) is 5.11 Å². The Morgan fingerprint density at radius 1 is 1.35 bits per heavy atom. The van der Waals surface area contributed by atoms with Crippen LogP contribution >= 0.6 is 15.9 Å². The summed E-state index contributed by atoms with van der Waals surface area (Å²) in [5.74, 6) is 1.07. The first-order valence-corrected chi connectivity index (χ1v) is 6.83. The molecule has 0 bridgehead atoms. The number of aliphatic hydroxyl groups is 1. The zero-order chi connectivity index (χ0) is 11.8. The monoisotopic (exact) mass is 294 g/mol. The van der Waals surface area contributed by atoms with E-state index in [0.717, 1.165) is 42.5 Å². The fourth-order valence-corrected chi connectivity index (χ4v) is 3.19. The molecule has 1 atom stereocenters. The van der Waals surface area contributed by atoms with E-state index in [1.807, 2.05) is 6.08 Å². The molecule has 1 heterocycles. The molecule has 1 unspecified atom stereocenters. The van der Waals surface area contributed by atoms with Crippen molar-refractivity contribution in [2.24, 2.45) is 0 Å². The maximum absolute atomic E-state index is 9.51. The molecule has 90 valence electrons. The minimum Gasteiger partial charge on any atom is -0.493 e. The van der Waals surface area contributed by atoms with Crippen LogP contribution in [-0.4, -0.2) is 17.8 Å². The highest BCUT2D eigenvalue weighted by molar-refractivity contribution is 9.10. The summed E-state index contributed by atoms with van der Waals surface area (Å²) in [6.07, 6.45) is 5.52. The molecule has 3 heteroatoms. The predicted molar refractivity (Wildman–Crippen MR) is 70.4 cm³/mol. The molecule has 2 aliphatic rings. The maximum Gasteiger partial charge on any atom is 0.126 e. The van der Waals surface area contributed by atoms with Crippen molar-refractivity contribution in [2.45, 2.75) is 31.8 Å². The minimum atomic E-state index is -0.244. The van der Waals surface area contributed by atoms with E-state index in [1.54, 1.807) is 0 Å². The number of aliphatic hydroxyl groups excluding tert-OH is 1. The van der Waals surface area contributed by atoms with Gasteiger partial charge in [-0.1, -0.05) is 27.6 Å². The summed E-state index contributed by atoms with van der Waals surface area (Å²) in [7, 11) is 0. The second kappa shape index (κ2) is 4.46. The number of fused-ring (bicyclic) bond motifs is 1. The lowest BCUT2D eigenvalue weighted by atomic mass is 10.0. The van der Waals surface area contributed by atoms with Gasteiger partial charge in [0.2, 0.25) is 0 Å². The summed E-state index contributed by atoms with van der Waals surface area (Å²) in [5.41, 5.74) is 3.87. The molecule has 0 amide bonds. The molecule has 1 aliphatic heterocycles. The van der Waals surface area contributed by atoms with Crippen molar-refractivity contribution in [1.82, 2.24) is 0 Å². The lowest BCUT2D eigenvalue weighted by Crippen LogP contribution is -1.94. The molecular formula is C14H15BrO2. The van der Waals surface area contributed by atoms with Crippen LogP contribution in [0.5, 0.6) is 5.75 Å². The first-order chi connectivity index (χ1) is 8.22. The number of ether oxygens (including phenoxy) is 1. The molecule has 0 saturated carbocycles. The summed E-state index contributed by atoms with van der Waals surface area (Å²) < 4.78 is 6.83. The van der Waals surface area contributed by atoms with E-state index < -0.39 is 0 Å². The third-order valence-corrected chi connectivity index (χ3v) is 3.89. The highest BCUT2D eigenvalue weighted by atomic mass is 79.9. The fourth-order valence-electron chi connectivity index (χ4n) is 2.64. The smallest absolute Gasteiger partial charge is 0.126 e. The number of halogens is 1. The molecule has 17 heavy (non-hydrogen) atoms. The average Bonchev–Trinajstić information content (AvgIpc) is 2.87. The van der Waals surface area contributed by atoms with Gasteiger partial charge in [0.05, 0.1) is 12.7 Å². The topological polar surface area (TPSA) is 29.5 Å². The maximum atomic E-state index is 9.51. The SMILES string of the molecule is OC1C=C(Cc2cc(Br)cc3c2OCC3)CC1. The van der Waals surface area contributed by atoms with Crippen LogP contribution in [0.25, 0.3) is 0 Å². The van der Waals surface area contributed by atoms with Gasteiger partial charge in [-0.15, -0.1) is 0 Å². The fraction of sp³-hybridized carbons (Fsp3) is 0.429. The lowest BCUT2D eigenvalue weighted by molar-refractivity contribution is 0.223. The van der Waals surface area contributed by atoms with Gasteiger partial charge in [0.25, 0.3) is 0 Å². The van der Waals surface area contributed by atoms with Crippen molar-refractivity contribution in [3.8, 4) is 5.75 Å². The first kappa shape index (κ1) is 11.3. The lowest BCUT2D eigenvalue weighted by Gasteiger charge is -2.09. The van der Waals surface area contributed by atoms with Gasteiger partial charge in [0.1, 0.15) is 5.75 Å². The third-order valence-electron chi connectivity index (χ3n) is 3.43. The number of hydrogen-bond donors (Lipinski definition) is 1. The van der Waals surface area contributed by atoms with Gasteiger partial charge in [-0.3, -0.25) is 0 Å². The van der Waals surface area contributed by atoms with Crippen LogP contribution in [0, 0.1) is 0 Å². The second-order valence-corrected chi connectivity index (χ2v) is 5.68. The van der Waals surface area contributed by atoms with E-state index in [1.165, 1.54) is 16.7 Å². The molecule has 0 fully saturated rings. The Labute approximate surface area is 109 Å². The van der Waals surface area contributed by atoms with E-state index in [2.05, 4.69) is 28.1 Å². The highest BCUT2D eigenvalue weighted by Crippen LogP contribution is 2.35. The van der Waals surface area contributed by atoms with Gasteiger partial charge < -0.3 is 9.84 Å². The molecule has 0 spiro atoms. The summed E-state index contributed by atoms with van der Waals surface area (Å²) in [4.78, 5) is 0. The average molecular weight is 295 g/mol. The van der Waals surface area contributed by atoms with Gasteiger partial charge in [-0.05, 0) is 42.5 Å². The van der Waals surface area contributed by atoms with Crippen LogP contribution in [-0.2, 0) is 12.8 Å². The number of benzene rings is 1. The van der Waals surface area contributed by atoms with Crippen molar-refractivity contribution < 1.29 is 9.84 Å². The van der Waals surface area contributed by atoms with Crippen LogP contribution in [0.1, 0.15) is 24.0 Å². The van der Waals surface area contributed by atoms with Gasteiger partial charge in [-0.2, -0.15) is 0 Å². The van der Waals surface area contributed by atoms with Crippen molar-refractivity contribution in [1.29, 1.82) is 0 Å². The Morgan fingerprint density at radius 2 is 2.24 bits per heavy atom. The Hall–Kier alpha value is -0.800. The number of hydrogen-bond acceptors (Lipinski definition) is 2. The molecule has 0 radical (unpaired) electrons. The van der Waals surface area contributed by atoms with Gasteiger partial charge in [-0.25, -0.2) is 0 Å². The van der Waals surface area contributed by atoms with Crippen LogP contribution in [0.2, 0.25) is 0 Å². The van der Waals surface area contributed by atoms with Crippen molar-refractivity contribution in [3.63, 3.8) is 0 Å². The van der Waals surface area contributed by atoms with E-state index >= 15 is 0 Å². The molecule has 1 N–H and O–H groups in total. The summed E-state index contributed by atoms with van der Waals surface area (Å²) in [6.45, 7) is 0.792. The van der Waals surface area contributed by atoms with Crippen molar-refractivity contribution >= 4 is 15.9 Å². The molecule has 2 nitrogen and oxygen atoms in total. The molecule has 3 rings (SSSR count). The molecular weight excluding hydrogens is 280 g/mol. The highest BCUT2D eigenvalue weighted by Gasteiger charge is 2.20. The Balaban J connectivity index is 1.90. The summed E-state index contributed by atoms with van der Waals surface area (Å²) >= 11 is 3.55. The van der Waals surface area contributed by atoms with Crippen molar-refractivity contribution in [2.75, 3.05) is 6.61 Å². The zero-order valence-electron chi connectivity index (χ0n) is 9.58. The van der Waals surface area contributed by atoms with Gasteiger partial charge >= 0.3 is 0 Å². The first-order valence-electron chi connectivity index (χ1n) is 6.04. The minimum absolute atomic E-state index is 0.244. The standard InChI is InChI=1S/C14H15BrO2/c15-12-7-10-3-4-17-14(10)11(8-12)5-9-1-2-13(16)6-9/h6-8,13,16H,1-5H2. The van der Waals surface area contributed by atoms with Crippen LogP contribution in [0.4, 0.5) is 0 Å². The zero-order valence-corrected chi connectivity index (χ0v) is 11.2. The Morgan fingerprint density at radius 3 is 3.00 bits per heavy atom.